The summed E-state index contributed by atoms with van der Waals surface area (Å²) < 4.78 is 5.29. The fourth-order valence-corrected chi connectivity index (χ4v) is 3.84. The fourth-order valence-electron chi connectivity index (χ4n) is 3.84. The summed E-state index contributed by atoms with van der Waals surface area (Å²) >= 11 is 0. The maximum absolute atomic E-state index is 13.6. The van der Waals surface area contributed by atoms with Crippen molar-refractivity contribution in [1.82, 2.24) is 0 Å². The molecule has 1 N–H and O–H groups in total. The largest absolute Gasteiger partial charge is 0.497 e. The number of hydrogen-bond donors (Lipinski definition) is 1. The molecule has 1 aliphatic rings. The van der Waals surface area contributed by atoms with E-state index in [0.717, 1.165) is 27.9 Å². The number of carbonyl (C=O) groups excluding carboxylic acids is 2. The van der Waals surface area contributed by atoms with E-state index in [9.17, 15) is 9.59 Å². The third-order valence-electron chi connectivity index (χ3n) is 5.33. The third kappa shape index (κ3) is 3.82. The molecule has 0 spiro atoms. The zero-order valence-corrected chi connectivity index (χ0v) is 18.0. The van der Waals surface area contributed by atoms with E-state index >= 15 is 0 Å². The van der Waals surface area contributed by atoms with Gasteiger partial charge in [0, 0.05) is 11.8 Å². The van der Waals surface area contributed by atoms with E-state index in [-0.39, 0.29) is 11.6 Å². The molecule has 3 aromatic carbocycles. The summed E-state index contributed by atoms with van der Waals surface area (Å²) in [6, 6.07) is 20.5. The van der Waals surface area contributed by atoms with E-state index in [1.54, 1.807) is 31.4 Å². The van der Waals surface area contributed by atoms with Gasteiger partial charge in [-0.15, -0.1) is 0 Å². The Hall–Kier alpha value is -3.86. The van der Waals surface area contributed by atoms with Gasteiger partial charge in [-0.3, -0.25) is 9.59 Å². The smallest absolute Gasteiger partial charge is 0.282 e. The summed E-state index contributed by atoms with van der Waals surface area (Å²) in [4.78, 5) is 28.3. The number of rotatable bonds is 5. The minimum atomic E-state index is -0.394. The summed E-state index contributed by atoms with van der Waals surface area (Å²) in [7, 11) is 1.55. The molecule has 0 aromatic heterocycles. The lowest BCUT2D eigenvalue weighted by molar-refractivity contribution is -0.120. The van der Waals surface area contributed by atoms with Crippen LogP contribution in [0.5, 0.6) is 5.75 Å². The topological polar surface area (TPSA) is 58.6 Å². The van der Waals surface area contributed by atoms with E-state index < -0.39 is 5.91 Å². The Morgan fingerprint density at radius 2 is 1.55 bits per heavy atom. The van der Waals surface area contributed by atoms with Gasteiger partial charge in [0.15, 0.2) is 0 Å². The Morgan fingerprint density at radius 1 is 0.806 bits per heavy atom. The van der Waals surface area contributed by atoms with Crippen molar-refractivity contribution in [2.45, 2.75) is 20.8 Å². The first-order valence-electron chi connectivity index (χ1n) is 10.1. The standard InChI is InChI=1S/C26H24N2O3/c1-16-7-5-8-19(14-16)27-24-23(22-12-11-17(2)13-18(22)3)25(29)28(26(24)30)20-9-6-10-21(15-20)31-4/h5-15,27H,1-4H3. The van der Waals surface area contributed by atoms with Crippen LogP contribution in [-0.2, 0) is 9.59 Å². The Labute approximate surface area is 182 Å². The SMILES string of the molecule is COc1cccc(N2C(=O)C(Nc3cccc(C)c3)=C(c3ccc(C)cc3C)C2=O)c1. The molecule has 1 aliphatic heterocycles. The molecule has 0 fully saturated rings. The number of anilines is 2. The molecule has 5 nitrogen and oxygen atoms in total. The first-order chi connectivity index (χ1) is 14.9. The second kappa shape index (κ2) is 8.11. The van der Waals surface area contributed by atoms with Crippen LogP contribution >= 0.6 is 0 Å². The number of aryl methyl sites for hydroxylation is 3. The Kier molecular flexibility index (Phi) is 5.34. The van der Waals surface area contributed by atoms with Gasteiger partial charge in [0.05, 0.1) is 18.4 Å². The molecule has 0 radical (unpaired) electrons. The number of carbonyl (C=O) groups is 2. The first-order valence-corrected chi connectivity index (χ1v) is 10.1. The first kappa shape index (κ1) is 20.4. The molecule has 0 saturated carbocycles. The molecule has 2 amide bonds. The summed E-state index contributed by atoms with van der Waals surface area (Å²) in [5, 5.41) is 3.22. The van der Waals surface area contributed by atoms with Gasteiger partial charge in [0.2, 0.25) is 0 Å². The zero-order valence-electron chi connectivity index (χ0n) is 18.0. The van der Waals surface area contributed by atoms with E-state index in [2.05, 4.69) is 5.32 Å². The molecule has 5 heteroatoms. The van der Waals surface area contributed by atoms with Crippen molar-refractivity contribution in [3.05, 3.63) is 94.7 Å². The summed E-state index contributed by atoms with van der Waals surface area (Å²) in [6.07, 6.45) is 0. The average molecular weight is 412 g/mol. The van der Waals surface area contributed by atoms with Gasteiger partial charge >= 0.3 is 0 Å². The molecule has 156 valence electrons. The molecular weight excluding hydrogens is 388 g/mol. The number of imide groups is 1. The minimum Gasteiger partial charge on any atom is -0.497 e. The van der Waals surface area contributed by atoms with Crippen LogP contribution in [0.3, 0.4) is 0 Å². The Bertz CT molecular complexity index is 1230. The van der Waals surface area contributed by atoms with Gasteiger partial charge in [0.1, 0.15) is 11.4 Å². The molecule has 3 aromatic rings. The highest BCUT2D eigenvalue weighted by molar-refractivity contribution is 6.46. The quantitative estimate of drug-likeness (QED) is 0.598. The summed E-state index contributed by atoms with van der Waals surface area (Å²) in [5.41, 5.74) is 5.69. The second-order valence-electron chi connectivity index (χ2n) is 7.71. The molecule has 4 rings (SSSR count). The summed E-state index contributed by atoms with van der Waals surface area (Å²) in [5.74, 6) is -0.179. The lowest BCUT2D eigenvalue weighted by atomic mass is 9.97. The normalized spacial score (nSPS) is 13.7. The van der Waals surface area contributed by atoms with Crippen molar-refractivity contribution in [2.24, 2.45) is 0 Å². The maximum Gasteiger partial charge on any atom is 0.282 e. The molecule has 0 unspecified atom stereocenters. The molecular formula is C26H24N2O3. The zero-order chi connectivity index (χ0) is 22.1. The van der Waals surface area contributed by atoms with Gasteiger partial charge in [-0.2, -0.15) is 0 Å². The van der Waals surface area contributed by atoms with Crippen molar-refractivity contribution in [3.8, 4) is 5.75 Å². The van der Waals surface area contributed by atoms with Crippen molar-refractivity contribution >= 4 is 28.8 Å². The maximum atomic E-state index is 13.6. The van der Waals surface area contributed by atoms with Crippen molar-refractivity contribution in [3.63, 3.8) is 0 Å². The second-order valence-corrected chi connectivity index (χ2v) is 7.71. The predicted octanol–water partition coefficient (Wildman–Crippen LogP) is 5.02. The number of nitrogens with one attached hydrogen (secondary N) is 1. The van der Waals surface area contributed by atoms with Gasteiger partial charge in [-0.05, 0) is 61.7 Å². The number of methoxy groups -OCH3 is 1. The molecule has 0 atom stereocenters. The Morgan fingerprint density at radius 3 is 2.26 bits per heavy atom. The highest BCUT2D eigenvalue weighted by Crippen LogP contribution is 2.36. The van der Waals surface area contributed by atoms with Gasteiger partial charge in [-0.1, -0.05) is 42.0 Å². The molecule has 0 bridgehead atoms. The van der Waals surface area contributed by atoms with Crippen LogP contribution in [0, 0.1) is 20.8 Å². The van der Waals surface area contributed by atoms with Crippen LogP contribution in [0.15, 0.2) is 72.4 Å². The monoisotopic (exact) mass is 412 g/mol. The van der Waals surface area contributed by atoms with E-state index in [4.69, 9.17) is 4.74 Å². The predicted molar refractivity (Wildman–Crippen MR) is 123 cm³/mol. The lowest BCUT2D eigenvalue weighted by Gasteiger charge is -2.16. The number of ether oxygens (including phenoxy) is 1. The molecule has 1 heterocycles. The number of benzene rings is 3. The third-order valence-corrected chi connectivity index (χ3v) is 5.33. The molecule has 31 heavy (non-hydrogen) atoms. The van der Waals surface area contributed by atoms with Gasteiger partial charge in [-0.25, -0.2) is 4.90 Å². The van der Waals surface area contributed by atoms with Gasteiger partial charge < -0.3 is 10.1 Å². The Balaban J connectivity index is 1.86. The number of hydrogen-bond acceptors (Lipinski definition) is 4. The van der Waals surface area contributed by atoms with Crippen molar-refractivity contribution < 1.29 is 14.3 Å². The van der Waals surface area contributed by atoms with Crippen LogP contribution in [0.4, 0.5) is 11.4 Å². The van der Waals surface area contributed by atoms with Crippen LogP contribution in [-0.4, -0.2) is 18.9 Å². The van der Waals surface area contributed by atoms with Crippen LogP contribution in [0.1, 0.15) is 22.3 Å². The molecule has 0 saturated heterocycles. The van der Waals surface area contributed by atoms with Crippen LogP contribution in [0.2, 0.25) is 0 Å². The highest BCUT2D eigenvalue weighted by atomic mass is 16.5. The minimum absolute atomic E-state index is 0.269. The van der Waals surface area contributed by atoms with E-state index in [0.29, 0.717) is 17.0 Å². The van der Waals surface area contributed by atoms with Crippen LogP contribution in [0.25, 0.3) is 5.57 Å². The molecule has 0 aliphatic carbocycles. The average Bonchev–Trinajstić information content (AvgIpc) is 2.98. The fraction of sp³-hybridized carbons (Fsp3) is 0.154. The lowest BCUT2D eigenvalue weighted by Crippen LogP contribution is -2.32. The van der Waals surface area contributed by atoms with Crippen molar-refractivity contribution in [1.29, 1.82) is 0 Å². The van der Waals surface area contributed by atoms with E-state index in [1.807, 2.05) is 63.2 Å². The highest BCUT2D eigenvalue weighted by Gasteiger charge is 2.40. The number of nitrogens with zero attached hydrogens (tertiary/aromatic N) is 1. The van der Waals surface area contributed by atoms with Crippen molar-refractivity contribution in [2.75, 3.05) is 17.3 Å². The van der Waals surface area contributed by atoms with Gasteiger partial charge in [0.25, 0.3) is 11.8 Å². The summed E-state index contributed by atoms with van der Waals surface area (Å²) in [6.45, 7) is 5.93. The van der Waals surface area contributed by atoms with E-state index in [1.165, 1.54) is 4.90 Å². The number of amides is 2. The van der Waals surface area contributed by atoms with Crippen LogP contribution < -0.4 is 15.0 Å².